The molecule has 0 bridgehead atoms. The Morgan fingerprint density at radius 1 is 0.780 bits per heavy atom. The zero-order valence-corrected chi connectivity index (χ0v) is 26.1. The van der Waals surface area contributed by atoms with E-state index < -0.39 is 29.3 Å². The fourth-order valence-corrected chi connectivity index (χ4v) is 4.12. The van der Waals surface area contributed by atoms with Gasteiger partial charge in [-0.15, -0.1) is 11.8 Å². The fourth-order valence-electron chi connectivity index (χ4n) is 3.28. The number of nitrogens with zero attached hydrogens (tertiary/aromatic N) is 4. The second kappa shape index (κ2) is 17.3. The van der Waals surface area contributed by atoms with Gasteiger partial charge < -0.3 is 21.8 Å². The van der Waals surface area contributed by atoms with Crippen molar-refractivity contribution in [2.24, 2.45) is 14.1 Å². The van der Waals surface area contributed by atoms with Crippen LogP contribution in [0.3, 0.4) is 0 Å². The number of aryl methyl sites for hydroxylation is 2. The van der Waals surface area contributed by atoms with E-state index in [1.54, 1.807) is 30.2 Å². The molecular formula is C27H30F7N4NaS2. The molecule has 0 atom stereocenters. The monoisotopic (exact) mass is 630 g/mol. The van der Waals surface area contributed by atoms with Crippen LogP contribution in [-0.4, -0.2) is 30.6 Å². The van der Waals surface area contributed by atoms with Crippen LogP contribution in [0.2, 0.25) is 0 Å². The first kappa shape index (κ1) is 39.1. The minimum Gasteiger partial charge on any atom is -0.793 e. The maximum absolute atomic E-state index is 13.6. The van der Waals surface area contributed by atoms with Crippen LogP contribution in [0, 0.1) is 5.82 Å². The SMILES string of the molecule is C.CCSc1cc(C(F)(F)F)ccc1-c1nccn1C.CC[S-].Cn1ccnc1-c1ccc(C(F)(F)F)cc1F.[Na+]. The minimum atomic E-state index is -4.54. The van der Waals surface area contributed by atoms with E-state index in [1.165, 1.54) is 34.7 Å². The topological polar surface area (TPSA) is 35.6 Å². The molecule has 41 heavy (non-hydrogen) atoms. The summed E-state index contributed by atoms with van der Waals surface area (Å²) in [5.74, 6) is 1.56. The molecule has 2 heterocycles. The molecule has 0 N–H and O–H groups in total. The van der Waals surface area contributed by atoms with E-state index in [0.717, 1.165) is 29.5 Å². The normalized spacial score (nSPS) is 10.8. The van der Waals surface area contributed by atoms with E-state index in [0.29, 0.717) is 22.5 Å². The van der Waals surface area contributed by atoms with Crippen molar-refractivity contribution in [2.75, 3.05) is 11.5 Å². The van der Waals surface area contributed by atoms with Crippen molar-refractivity contribution in [3.8, 4) is 22.8 Å². The second-order valence-electron chi connectivity index (χ2n) is 7.85. The summed E-state index contributed by atoms with van der Waals surface area (Å²) in [6.45, 7) is 3.85. The number of halogens is 7. The van der Waals surface area contributed by atoms with Gasteiger partial charge in [-0.3, -0.25) is 0 Å². The van der Waals surface area contributed by atoms with Crippen LogP contribution in [0.1, 0.15) is 32.4 Å². The largest absolute Gasteiger partial charge is 1.00 e. The third-order valence-corrected chi connectivity index (χ3v) is 5.97. The van der Waals surface area contributed by atoms with Gasteiger partial charge in [0.15, 0.2) is 0 Å². The van der Waals surface area contributed by atoms with E-state index in [9.17, 15) is 30.7 Å². The van der Waals surface area contributed by atoms with Crippen molar-refractivity contribution in [3.63, 3.8) is 0 Å². The van der Waals surface area contributed by atoms with Gasteiger partial charge in [0.05, 0.1) is 16.7 Å². The number of rotatable bonds is 4. The molecule has 0 aliphatic rings. The van der Waals surface area contributed by atoms with Crippen LogP contribution in [0.15, 0.2) is 66.1 Å². The van der Waals surface area contributed by atoms with Gasteiger partial charge in [0.2, 0.25) is 0 Å². The Labute approximate surface area is 267 Å². The van der Waals surface area contributed by atoms with Gasteiger partial charge >= 0.3 is 41.9 Å². The molecule has 4 nitrogen and oxygen atoms in total. The van der Waals surface area contributed by atoms with Gasteiger partial charge in [-0.2, -0.15) is 32.1 Å². The van der Waals surface area contributed by atoms with Crippen LogP contribution in [0.4, 0.5) is 30.7 Å². The van der Waals surface area contributed by atoms with Crippen molar-refractivity contribution in [1.82, 2.24) is 19.1 Å². The summed E-state index contributed by atoms with van der Waals surface area (Å²) in [6, 6.07) is 6.18. The molecule has 2 aromatic carbocycles. The predicted molar refractivity (Wildman–Crippen MR) is 148 cm³/mol. The van der Waals surface area contributed by atoms with E-state index in [1.807, 2.05) is 20.9 Å². The number of hydrogen-bond acceptors (Lipinski definition) is 4. The average molecular weight is 631 g/mol. The van der Waals surface area contributed by atoms with Crippen molar-refractivity contribution in [3.05, 3.63) is 78.1 Å². The number of aromatic nitrogens is 4. The summed E-state index contributed by atoms with van der Waals surface area (Å²) in [5.41, 5.74) is -0.854. The van der Waals surface area contributed by atoms with Crippen molar-refractivity contribution in [2.45, 2.75) is 38.5 Å². The molecule has 0 fully saturated rings. The van der Waals surface area contributed by atoms with Crippen LogP contribution < -0.4 is 29.6 Å². The summed E-state index contributed by atoms with van der Waals surface area (Å²) in [4.78, 5) is 8.67. The van der Waals surface area contributed by atoms with Crippen LogP contribution in [-0.2, 0) is 39.1 Å². The fraction of sp³-hybridized carbons (Fsp3) is 0.333. The molecule has 0 saturated carbocycles. The van der Waals surface area contributed by atoms with Gasteiger partial charge in [0.25, 0.3) is 0 Å². The maximum Gasteiger partial charge on any atom is 1.00 e. The zero-order chi connectivity index (χ0) is 29.4. The zero-order valence-electron chi connectivity index (χ0n) is 22.4. The Morgan fingerprint density at radius 3 is 1.56 bits per heavy atom. The summed E-state index contributed by atoms with van der Waals surface area (Å²) < 4.78 is 92.1. The van der Waals surface area contributed by atoms with E-state index >= 15 is 0 Å². The van der Waals surface area contributed by atoms with Gasteiger partial charge in [-0.25, -0.2) is 14.4 Å². The summed E-state index contributed by atoms with van der Waals surface area (Å²) in [6.07, 6.45) is -2.41. The van der Waals surface area contributed by atoms with Crippen molar-refractivity contribution in [1.29, 1.82) is 0 Å². The molecule has 4 aromatic rings. The van der Waals surface area contributed by atoms with E-state index in [4.69, 9.17) is 0 Å². The molecule has 0 radical (unpaired) electrons. The second-order valence-corrected chi connectivity index (χ2v) is 9.73. The Kier molecular flexibility index (Phi) is 16.4. The number of benzene rings is 2. The van der Waals surface area contributed by atoms with E-state index in [-0.39, 0.29) is 48.4 Å². The molecule has 0 unspecified atom stereocenters. The molecule has 0 aliphatic carbocycles. The molecular weight excluding hydrogens is 600 g/mol. The average Bonchev–Trinajstić information content (AvgIpc) is 3.47. The first-order valence-corrected chi connectivity index (χ1v) is 13.0. The Balaban J connectivity index is 0.000000685. The van der Waals surface area contributed by atoms with E-state index in [2.05, 4.69) is 22.6 Å². The van der Waals surface area contributed by atoms with Crippen LogP contribution in [0.5, 0.6) is 0 Å². The van der Waals surface area contributed by atoms with Crippen molar-refractivity contribution < 1.29 is 60.3 Å². The third-order valence-electron chi connectivity index (χ3n) is 5.03. The maximum atomic E-state index is 13.6. The number of hydrogen-bond donors (Lipinski definition) is 0. The number of alkyl halides is 6. The number of thioether (sulfide) groups is 1. The number of imidazole rings is 2. The third kappa shape index (κ3) is 11.0. The smallest absolute Gasteiger partial charge is 0.793 e. The van der Waals surface area contributed by atoms with Crippen LogP contribution >= 0.6 is 11.8 Å². The summed E-state index contributed by atoms with van der Waals surface area (Å²) in [5, 5.41) is 0. The van der Waals surface area contributed by atoms with Crippen molar-refractivity contribution >= 4 is 24.4 Å². The molecule has 0 saturated heterocycles. The predicted octanol–water partition coefficient (Wildman–Crippen LogP) is 5.66. The van der Waals surface area contributed by atoms with Gasteiger partial charge in [-0.05, 0) is 42.2 Å². The molecule has 0 spiro atoms. The molecule has 0 amide bonds. The molecule has 220 valence electrons. The van der Waals surface area contributed by atoms with Gasteiger partial charge in [0, 0.05) is 49.3 Å². The Hall–Kier alpha value is -1.93. The quantitative estimate of drug-likeness (QED) is 0.126. The summed E-state index contributed by atoms with van der Waals surface area (Å²) >= 11 is 5.78. The van der Waals surface area contributed by atoms with Crippen LogP contribution in [0.25, 0.3) is 22.8 Å². The first-order valence-electron chi connectivity index (χ1n) is 11.5. The molecule has 4 rings (SSSR count). The summed E-state index contributed by atoms with van der Waals surface area (Å²) in [7, 11) is 3.46. The Morgan fingerprint density at radius 2 is 1.20 bits per heavy atom. The standard InChI is InChI=1S/C13H13F3N2S.C11H8F4N2.C2H6S.CH4.Na/c1-3-19-11-8-9(13(14,15)16)4-5-10(11)12-17-6-7-18(12)2;1-17-5-4-16-10(17)8-3-2-7(6-9(8)12)11(13,14)15;1-2-3;;/h4-8H,3H2,1-2H3;2-6H,1H3;3H,2H2,1H3;1H4;/q;;;;+1/p-1. The van der Waals surface area contributed by atoms with Gasteiger partial charge in [-0.1, -0.05) is 21.3 Å². The molecule has 0 aliphatic heterocycles. The first-order chi connectivity index (χ1) is 18.2. The molecule has 14 heteroatoms. The molecule has 2 aromatic heterocycles. The minimum absolute atomic E-state index is 0. The van der Waals surface area contributed by atoms with Gasteiger partial charge in [0.1, 0.15) is 17.5 Å². The Bertz CT molecular complexity index is 1350.